The van der Waals surface area contributed by atoms with Crippen LogP contribution in [0.15, 0.2) is 30.3 Å². The normalized spacial score (nSPS) is 44.5. The summed E-state index contributed by atoms with van der Waals surface area (Å²) >= 11 is 0. The fraction of sp³-hybridized carbons (Fsp3) is 0.667. The highest BCUT2D eigenvalue weighted by molar-refractivity contribution is 5.78. The van der Waals surface area contributed by atoms with Crippen LogP contribution in [0.4, 0.5) is 0 Å². The van der Waals surface area contributed by atoms with Gasteiger partial charge in [-0.25, -0.2) is 4.89 Å². The maximum absolute atomic E-state index is 12.6. The molecule has 5 fully saturated rings. The summed E-state index contributed by atoms with van der Waals surface area (Å²) in [6.07, 6.45) is 4.78. The van der Waals surface area contributed by atoms with E-state index in [9.17, 15) is 4.79 Å². The SMILES string of the molecule is C[C@@H]1CC[C@H]2CC(=O)N(C)[C@@H]3O[C@]4(Cc5ccccc5)CC[C@@H]1[C@@]23OO4. The Morgan fingerprint density at radius 2 is 1.96 bits per heavy atom. The first-order valence-corrected chi connectivity index (χ1v) is 9.88. The van der Waals surface area contributed by atoms with Crippen molar-refractivity contribution in [3.63, 3.8) is 0 Å². The van der Waals surface area contributed by atoms with Gasteiger partial charge in [-0.15, -0.1) is 0 Å². The molecule has 1 spiro atoms. The van der Waals surface area contributed by atoms with Gasteiger partial charge in [0.1, 0.15) is 0 Å². The minimum atomic E-state index is -0.815. The molecule has 1 aromatic carbocycles. The number of benzene rings is 1. The van der Waals surface area contributed by atoms with Gasteiger partial charge < -0.3 is 9.64 Å². The van der Waals surface area contributed by atoms with Crippen LogP contribution >= 0.6 is 0 Å². The van der Waals surface area contributed by atoms with Gasteiger partial charge in [0, 0.05) is 32.2 Å². The molecular weight excluding hydrogens is 330 g/mol. The average Bonchev–Trinajstić information content (AvgIpc) is 2.90. The van der Waals surface area contributed by atoms with Crippen LogP contribution in [0.25, 0.3) is 0 Å². The maximum atomic E-state index is 12.6. The number of piperidine rings is 1. The van der Waals surface area contributed by atoms with Gasteiger partial charge in [-0.3, -0.25) is 4.79 Å². The van der Waals surface area contributed by atoms with Crippen molar-refractivity contribution in [2.24, 2.45) is 17.8 Å². The summed E-state index contributed by atoms with van der Waals surface area (Å²) in [7, 11) is 1.86. The largest absolute Gasteiger partial charge is 0.320 e. The van der Waals surface area contributed by atoms with Crippen LogP contribution in [0.1, 0.15) is 44.6 Å². The van der Waals surface area contributed by atoms with Crippen molar-refractivity contribution < 1.29 is 19.3 Å². The highest BCUT2D eigenvalue weighted by Gasteiger charge is 2.69. The number of nitrogens with zero attached hydrogens (tertiary/aromatic N) is 1. The zero-order valence-corrected chi connectivity index (χ0v) is 15.5. The predicted octanol–water partition coefficient (Wildman–Crippen LogP) is 3.29. The first kappa shape index (κ1) is 16.7. The van der Waals surface area contributed by atoms with E-state index in [4.69, 9.17) is 14.5 Å². The molecule has 0 N–H and O–H groups in total. The van der Waals surface area contributed by atoms with E-state index >= 15 is 0 Å². The second kappa shape index (κ2) is 5.78. The Bertz CT molecular complexity index is 705. The number of carbonyl (C=O) groups is 1. The highest BCUT2D eigenvalue weighted by Crippen LogP contribution is 2.59. The summed E-state index contributed by atoms with van der Waals surface area (Å²) < 4.78 is 6.62. The maximum Gasteiger partial charge on any atom is 0.224 e. The lowest BCUT2D eigenvalue weighted by Crippen LogP contribution is -2.72. The molecular formula is C21H27NO4. The van der Waals surface area contributed by atoms with Gasteiger partial charge in [0.05, 0.1) is 0 Å². The Morgan fingerprint density at radius 1 is 1.15 bits per heavy atom. The van der Waals surface area contributed by atoms with Crippen LogP contribution in [-0.2, 0) is 25.7 Å². The van der Waals surface area contributed by atoms with Gasteiger partial charge in [-0.05, 0) is 36.7 Å². The van der Waals surface area contributed by atoms with E-state index in [2.05, 4.69) is 19.1 Å². The third-order valence-electron chi connectivity index (χ3n) is 7.24. The predicted molar refractivity (Wildman–Crippen MR) is 94.7 cm³/mol. The highest BCUT2D eigenvalue weighted by atomic mass is 17.3. The van der Waals surface area contributed by atoms with Gasteiger partial charge in [0.25, 0.3) is 0 Å². The van der Waals surface area contributed by atoms with Gasteiger partial charge in [-0.1, -0.05) is 37.3 Å². The van der Waals surface area contributed by atoms with Crippen molar-refractivity contribution in [3.8, 4) is 0 Å². The zero-order valence-electron chi connectivity index (χ0n) is 15.5. The molecule has 0 unspecified atom stereocenters. The lowest BCUT2D eigenvalue weighted by molar-refractivity contribution is -0.548. The molecule has 4 saturated heterocycles. The molecule has 6 rings (SSSR count). The third kappa shape index (κ3) is 2.23. The second-order valence-corrected chi connectivity index (χ2v) is 8.67. The van der Waals surface area contributed by atoms with Gasteiger partial charge in [0.2, 0.25) is 11.7 Å². The minimum absolute atomic E-state index is 0.157. The van der Waals surface area contributed by atoms with Crippen LogP contribution < -0.4 is 0 Å². The molecule has 4 heterocycles. The number of likely N-dealkylation sites (tertiary alicyclic amines) is 1. The number of ether oxygens (including phenoxy) is 1. The number of amides is 1. The summed E-state index contributed by atoms with van der Waals surface area (Å²) in [4.78, 5) is 26.8. The van der Waals surface area contributed by atoms with E-state index < -0.39 is 11.4 Å². The Kier molecular flexibility index (Phi) is 3.72. The molecule has 5 aliphatic rings. The molecule has 0 aromatic heterocycles. The Hall–Kier alpha value is -1.43. The standard InChI is InChI=1S/C21H27NO4/c1-14-8-9-16-12-18(23)22(2)19-21(16)17(14)10-11-20(24-19,25-26-21)13-15-6-4-3-5-7-15/h3-7,14,16-17,19H,8-13H2,1-2H3/t14-,16+,17+,19-,20-,21+/m1/s1. The fourth-order valence-corrected chi connectivity index (χ4v) is 5.84. The molecule has 4 aliphatic heterocycles. The Morgan fingerprint density at radius 3 is 2.77 bits per heavy atom. The van der Waals surface area contributed by atoms with E-state index in [1.54, 1.807) is 4.90 Å². The fourth-order valence-electron chi connectivity index (χ4n) is 5.84. The number of carbonyl (C=O) groups excluding carboxylic acids is 1. The molecule has 26 heavy (non-hydrogen) atoms. The minimum Gasteiger partial charge on any atom is -0.320 e. The summed E-state index contributed by atoms with van der Waals surface area (Å²) in [6, 6.07) is 10.2. The number of likely N-dealkylation sites (N-methyl/N-ethyl adjacent to an activating group) is 1. The topological polar surface area (TPSA) is 48.0 Å². The van der Waals surface area contributed by atoms with Gasteiger partial charge >= 0.3 is 0 Å². The molecule has 6 atom stereocenters. The van der Waals surface area contributed by atoms with Crippen molar-refractivity contribution in [1.29, 1.82) is 0 Å². The smallest absolute Gasteiger partial charge is 0.224 e. The average molecular weight is 357 g/mol. The van der Waals surface area contributed by atoms with Crippen LogP contribution in [0.5, 0.6) is 0 Å². The molecule has 5 heteroatoms. The lowest BCUT2D eigenvalue weighted by atomic mass is 9.59. The van der Waals surface area contributed by atoms with Crippen LogP contribution in [0.2, 0.25) is 0 Å². The zero-order chi connectivity index (χ0) is 17.9. The van der Waals surface area contributed by atoms with Crippen molar-refractivity contribution in [3.05, 3.63) is 35.9 Å². The van der Waals surface area contributed by atoms with Crippen LogP contribution in [0.3, 0.4) is 0 Å². The van der Waals surface area contributed by atoms with Crippen LogP contribution in [-0.4, -0.2) is 35.5 Å². The molecule has 2 bridgehead atoms. The first-order chi connectivity index (χ1) is 12.5. The number of rotatable bonds is 2. The third-order valence-corrected chi connectivity index (χ3v) is 7.24. The van der Waals surface area contributed by atoms with Gasteiger partial charge in [0.15, 0.2) is 11.8 Å². The second-order valence-electron chi connectivity index (χ2n) is 8.67. The molecule has 140 valence electrons. The van der Waals surface area contributed by atoms with E-state index in [-0.39, 0.29) is 18.1 Å². The van der Waals surface area contributed by atoms with Crippen molar-refractivity contribution in [1.82, 2.24) is 4.90 Å². The molecule has 5 nitrogen and oxygen atoms in total. The van der Waals surface area contributed by atoms with E-state index in [1.807, 2.05) is 25.2 Å². The molecule has 0 radical (unpaired) electrons. The van der Waals surface area contributed by atoms with E-state index in [0.717, 1.165) is 31.2 Å². The quantitative estimate of drug-likeness (QED) is 0.762. The van der Waals surface area contributed by atoms with E-state index in [0.29, 0.717) is 24.7 Å². The summed E-state index contributed by atoms with van der Waals surface area (Å²) in [5, 5.41) is 0. The molecule has 1 saturated carbocycles. The van der Waals surface area contributed by atoms with Crippen molar-refractivity contribution >= 4 is 5.91 Å². The summed E-state index contributed by atoms with van der Waals surface area (Å²) in [5.41, 5.74) is 0.642. The lowest BCUT2D eigenvalue weighted by Gasteiger charge is -2.59. The molecule has 1 aliphatic carbocycles. The monoisotopic (exact) mass is 357 g/mol. The van der Waals surface area contributed by atoms with Crippen LogP contribution in [0, 0.1) is 17.8 Å². The molecule has 1 amide bonds. The molecule has 1 aromatic rings. The first-order valence-electron chi connectivity index (χ1n) is 9.88. The van der Waals surface area contributed by atoms with E-state index in [1.165, 1.54) is 0 Å². The Balaban J connectivity index is 1.55. The van der Waals surface area contributed by atoms with Crippen molar-refractivity contribution in [2.45, 2.75) is 63.1 Å². The summed E-state index contributed by atoms with van der Waals surface area (Å²) in [6.45, 7) is 2.31. The Labute approximate surface area is 154 Å². The number of hydrogen-bond donors (Lipinski definition) is 0. The van der Waals surface area contributed by atoms with Crippen molar-refractivity contribution in [2.75, 3.05) is 7.05 Å². The number of fused-ring (bicyclic) bond motifs is 2. The summed E-state index contributed by atoms with van der Waals surface area (Å²) in [5.74, 6) is 0.440. The van der Waals surface area contributed by atoms with Gasteiger partial charge in [-0.2, -0.15) is 4.89 Å². The number of hydrogen-bond acceptors (Lipinski definition) is 4.